The molecule has 6 heteroatoms. The number of hydrogen-bond donors (Lipinski definition) is 1. The Bertz CT molecular complexity index is 842. The first-order valence-electron chi connectivity index (χ1n) is 7.76. The average molecular weight is 356 g/mol. The van der Waals surface area contributed by atoms with Gasteiger partial charge < -0.3 is 19.3 Å². The van der Waals surface area contributed by atoms with Crippen LogP contribution in [0.15, 0.2) is 30.3 Å². The number of carbonyl (C=O) groups excluding carboxylic acids is 2. The molecule has 0 unspecified atom stereocenters. The van der Waals surface area contributed by atoms with Crippen molar-refractivity contribution in [2.75, 3.05) is 21.3 Å². The molecule has 0 saturated carbocycles. The number of carbonyl (C=O) groups is 2. The molecule has 6 nitrogen and oxygen atoms in total. The van der Waals surface area contributed by atoms with E-state index >= 15 is 0 Å². The Labute approximate surface area is 151 Å². The summed E-state index contributed by atoms with van der Waals surface area (Å²) in [7, 11) is 4.43. The van der Waals surface area contributed by atoms with E-state index in [1.165, 1.54) is 33.5 Å². The summed E-state index contributed by atoms with van der Waals surface area (Å²) in [6, 6.07) is 6.31. The van der Waals surface area contributed by atoms with Crippen LogP contribution in [-0.2, 0) is 0 Å². The maximum atomic E-state index is 12.5. The first-order valence-corrected chi connectivity index (χ1v) is 7.76. The van der Waals surface area contributed by atoms with E-state index in [0.29, 0.717) is 40.2 Å². The molecule has 0 aliphatic rings. The predicted molar refractivity (Wildman–Crippen MR) is 97.7 cm³/mol. The molecule has 2 rings (SSSR count). The van der Waals surface area contributed by atoms with E-state index in [0.717, 1.165) is 0 Å². The fourth-order valence-electron chi connectivity index (χ4n) is 2.51. The van der Waals surface area contributed by atoms with Crippen LogP contribution in [0.1, 0.15) is 31.8 Å². The summed E-state index contributed by atoms with van der Waals surface area (Å²) < 4.78 is 15.7. The number of benzene rings is 2. The third-order valence-corrected chi connectivity index (χ3v) is 3.86. The highest BCUT2D eigenvalue weighted by Gasteiger charge is 2.15. The summed E-state index contributed by atoms with van der Waals surface area (Å²) in [5.74, 6) is 0.829. The second-order valence-corrected chi connectivity index (χ2v) is 5.51. The molecular weight excluding hydrogens is 336 g/mol. The second-order valence-electron chi connectivity index (χ2n) is 5.51. The van der Waals surface area contributed by atoms with Gasteiger partial charge in [-0.25, -0.2) is 0 Å². The summed E-state index contributed by atoms with van der Waals surface area (Å²) in [6.07, 6.45) is 3.52. The number of ether oxygens (including phenoxy) is 3. The molecule has 1 N–H and O–H groups in total. The van der Waals surface area contributed by atoms with Crippen LogP contribution in [0.4, 0.5) is 0 Å². The van der Waals surface area contributed by atoms with Crippen molar-refractivity contribution in [3.8, 4) is 23.0 Å². The van der Waals surface area contributed by atoms with Crippen LogP contribution < -0.4 is 14.2 Å². The monoisotopic (exact) mass is 356 g/mol. The molecule has 0 atom stereocenters. The fraction of sp³-hybridized carbons (Fsp3) is 0.200. The zero-order valence-electron chi connectivity index (χ0n) is 15.0. The topological polar surface area (TPSA) is 82.1 Å². The number of phenolic OH excluding ortho intramolecular Hbond substituents is 1. The standard InChI is InChI=1S/C20H20O6/c1-12-7-13(8-15(11-21)19(12)23)5-6-16(22)14-9-17(24-2)20(26-4)18(10-14)25-3/h5-11,23H,1-4H3/b6-5+. The smallest absolute Gasteiger partial charge is 0.203 e. The molecule has 0 radical (unpaired) electrons. The van der Waals surface area contributed by atoms with Crippen LogP contribution >= 0.6 is 0 Å². The van der Waals surface area contributed by atoms with E-state index < -0.39 is 0 Å². The van der Waals surface area contributed by atoms with E-state index in [9.17, 15) is 14.7 Å². The van der Waals surface area contributed by atoms with Crippen molar-refractivity contribution in [3.63, 3.8) is 0 Å². The molecule has 0 fully saturated rings. The summed E-state index contributed by atoms with van der Waals surface area (Å²) >= 11 is 0. The first-order chi connectivity index (χ1) is 12.4. The fourth-order valence-corrected chi connectivity index (χ4v) is 2.51. The molecule has 0 heterocycles. The largest absolute Gasteiger partial charge is 0.507 e. The third kappa shape index (κ3) is 3.85. The lowest BCUT2D eigenvalue weighted by molar-refractivity contribution is 0.104. The molecule has 2 aromatic carbocycles. The van der Waals surface area contributed by atoms with E-state index in [4.69, 9.17) is 14.2 Å². The Morgan fingerprint density at radius 3 is 2.12 bits per heavy atom. The maximum absolute atomic E-state index is 12.5. The zero-order chi connectivity index (χ0) is 19.3. The van der Waals surface area contributed by atoms with Crippen LogP contribution in [0.5, 0.6) is 23.0 Å². The van der Waals surface area contributed by atoms with Crippen molar-refractivity contribution in [2.24, 2.45) is 0 Å². The number of hydrogen-bond acceptors (Lipinski definition) is 6. The molecule has 26 heavy (non-hydrogen) atoms. The van der Waals surface area contributed by atoms with Crippen LogP contribution in [0.3, 0.4) is 0 Å². The highest BCUT2D eigenvalue weighted by Crippen LogP contribution is 2.38. The summed E-state index contributed by atoms with van der Waals surface area (Å²) in [6.45, 7) is 1.68. The Balaban J connectivity index is 2.37. The molecule has 0 amide bonds. The highest BCUT2D eigenvalue weighted by atomic mass is 16.5. The van der Waals surface area contributed by atoms with Crippen LogP contribution in [-0.4, -0.2) is 38.5 Å². The van der Waals surface area contributed by atoms with E-state index in [2.05, 4.69) is 0 Å². The number of methoxy groups -OCH3 is 3. The van der Waals surface area contributed by atoms with Gasteiger partial charge in [0.1, 0.15) is 5.75 Å². The van der Waals surface area contributed by atoms with Crippen molar-refractivity contribution in [2.45, 2.75) is 6.92 Å². The lowest BCUT2D eigenvalue weighted by Gasteiger charge is -2.13. The Morgan fingerprint density at radius 2 is 1.62 bits per heavy atom. The van der Waals surface area contributed by atoms with Gasteiger partial charge in [0.25, 0.3) is 0 Å². The summed E-state index contributed by atoms with van der Waals surface area (Å²) in [5, 5.41) is 9.78. The van der Waals surface area contributed by atoms with E-state index in [1.54, 1.807) is 31.2 Å². The minimum absolute atomic E-state index is 0.0619. The van der Waals surface area contributed by atoms with E-state index in [-0.39, 0.29) is 17.1 Å². The molecule has 0 spiro atoms. The molecule has 0 aromatic heterocycles. The third-order valence-electron chi connectivity index (χ3n) is 3.86. The first kappa shape index (κ1) is 19.1. The van der Waals surface area contributed by atoms with Crippen molar-refractivity contribution in [1.29, 1.82) is 0 Å². The van der Waals surface area contributed by atoms with Crippen molar-refractivity contribution in [1.82, 2.24) is 0 Å². The van der Waals surface area contributed by atoms with Crippen molar-refractivity contribution in [3.05, 3.63) is 52.6 Å². The SMILES string of the molecule is COc1cc(C(=O)/C=C/c2cc(C)c(O)c(C=O)c2)cc(OC)c1OC. The highest BCUT2D eigenvalue weighted by molar-refractivity contribution is 6.07. The summed E-state index contributed by atoms with van der Waals surface area (Å²) in [5.41, 5.74) is 1.71. The Kier molecular flexibility index (Phi) is 6.01. The molecule has 0 aliphatic heterocycles. The van der Waals surface area contributed by atoms with Gasteiger partial charge in [-0.3, -0.25) is 9.59 Å². The number of aromatic hydroxyl groups is 1. The molecule has 2 aromatic rings. The minimum atomic E-state index is -0.275. The van der Waals surface area contributed by atoms with Crippen LogP contribution in [0.25, 0.3) is 6.08 Å². The number of allylic oxidation sites excluding steroid dienone is 1. The van der Waals surface area contributed by atoms with Gasteiger partial charge >= 0.3 is 0 Å². The maximum Gasteiger partial charge on any atom is 0.203 e. The molecule has 0 aliphatic carbocycles. The van der Waals surface area contributed by atoms with Gasteiger partial charge in [0.05, 0.1) is 26.9 Å². The lowest BCUT2D eigenvalue weighted by atomic mass is 10.0. The average Bonchev–Trinajstić information content (AvgIpc) is 2.66. The van der Waals surface area contributed by atoms with E-state index in [1.807, 2.05) is 0 Å². The van der Waals surface area contributed by atoms with Gasteiger partial charge in [0.15, 0.2) is 23.6 Å². The van der Waals surface area contributed by atoms with Gasteiger partial charge in [-0.2, -0.15) is 0 Å². The van der Waals surface area contributed by atoms with Crippen molar-refractivity contribution >= 4 is 18.1 Å². The van der Waals surface area contributed by atoms with Gasteiger partial charge in [-0.05, 0) is 48.4 Å². The number of phenols is 1. The van der Waals surface area contributed by atoms with Crippen LogP contribution in [0, 0.1) is 6.92 Å². The zero-order valence-corrected chi connectivity index (χ0v) is 15.0. The molecule has 0 bridgehead atoms. The normalized spacial score (nSPS) is 10.6. The second kappa shape index (κ2) is 8.20. The Hall–Kier alpha value is -3.28. The van der Waals surface area contributed by atoms with Gasteiger partial charge in [-0.15, -0.1) is 0 Å². The number of ketones is 1. The molecule has 0 saturated heterocycles. The van der Waals surface area contributed by atoms with Crippen molar-refractivity contribution < 1.29 is 28.9 Å². The Morgan fingerprint density at radius 1 is 1.00 bits per heavy atom. The molecule has 136 valence electrons. The van der Waals surface area contributed by atoms with Gasteiger partial charge in [-0.1, -0.05) is 6.08 Å². The quantitative estimate of drug-likeness (QED) is 0.465. The molecular formula is C20H20O6. The van der Waals surface area contributed by atoms with Gasteiger partial charge in [0, 0.05) is 5.56 Å². The minimum Gasteiger partial charge on any atom is -0.507 e. The number of rotatable bonds is 7. The van der Waals surface area contributed by atoms with Crippen LogP contribution in [0.2, 0.25) is 0 Å². The summed E-state index contributed by atoms with van der Waals surface area (Å²) in [4.78, 5) is 23.5. The lowest BCUT2D eigenvalue weighted by Crippen LogP contribution is -2.00. The number of aryl methyl sites for hydroxylation is 1. The number of aldehydes is 1. The van der Waals surface area contributed by atoms with Gasteiger partial charge in [0.2, 0.25) is 5.75 Å². The predicted octanol–water partition coefficient (Wildman–Crippen LogP) is 3.44.